The van der Waals surface area contributed by atoms with E-state index in [2.05, 4.69) is 122 Å². The van der Waals surface area contributed by atoms with Gasteiger partial charge in [-0.15, -0.1) is 0 Å². The third kappa shape index (κ3) is 13.0. The van der Waals surface area contributed by atoms with Crippen LogP contribution in [0.2, 0.25) is 36.3 Å². The molecule has 0 saturated carbocycles. The monoisotopic (exact) mass is 938 g/mol. The fourth-order valence-electron chi connectivity index (χ4n) is 7.33. The highest BCUT2D eigenvalue weighted by atomic mass is 28.4. The van der Waals surface area contributed by atoms with Crippen LogP contribution in [0.1, 0.15) is 87.1 Å². The predicted molar refractivity (Wildman–Crippen MR) is 273 cm³/mol. The zero-order chi connectivity index (χ0) is 47.7. The van der Waals surface area contributed by atoms with Crippen LogP contribution in [0, 0.1) is 0 Å². The number of rotatable bonds is 20. The predicted octanol–water partition coefficient (Wildman–Crippen LogP) is 14.6. The van der Waals surface area contributed by atoms with E-state index >= 15 is 0 Å². The lowest BCUT2D eigenvalue weighted by atomic mass is 9.91. The van der Waals surface area contributed by atoms with Gasteiger partial charge in [-0.05, 0) is 76.2 Å². The first-order valence-electron chi connectivity index (χ1n) is 23.6. The second kappa shape index (κ2) is 21.7. The third-order valence-electron chi connectivity index (χ3n) is 13.4. The molecule has 1 heterocycles. The molecule has 7 rings (SSSR count). The van der Waals surface area contributed by atoms with Gasteiger partial charge in [-0.25, -0.2) is 0 Å². The van der Waals surface area contributed by atoms with Crippen molar-refractivity contribution in [3.8, 4) is 28.7 Å². The standard InChI is InChI=1S/C57H70O8Si2/c1-56(2,3)66(7,8)63-34-33-58-54-52-50(62-41-45-29-21-14-22-30-45)36-47(59-38-42-23-15-11-16-24-42)37-51(52)64-53(55(54)65-67(9,10)57(4,5)6)46-31-32-48(60-39-43-25-17-12-18-26-43)49(35-46)61-40-44-27-19-13-20-28-44/h11-32,35-37,53-55H,33-34,38-41H2,1-10H3. The van der Waals surface area contributed by atoms with E-state index in [4.69, 9.17) is 37.3 Å². The Morgan fingerprint density at radius 1 is 0.478 bits per heavy atom. The van der Waals surface area contributed by atoms with E-state index in [9.17, 15) is 0 Å². The van der Waals surface area contributed by atoms with Gasteiger partial charge in [0.25, 0.3) is 0 Å². The minimum atomic E-state index is -2.52. The van der Waals surface area contributed by atoms with Gasteiger partial charge in [-0.1, -0.05) is 169 Å². The molecule has 0 radical (unpaired) electrons. The Labute approximate surface area is 401 Å². The number of hydrogen-bond acceptors (Lipinski definition) is 8. The van der Waals surface area contributed by atoms with Crippen molar-refractivity contribution in [2.75, 3.05) is 13.2 Å². The fourth-order valence-corrected chi connectivity index (χ4v) is 9.64. The van der Waals surface area contributed by atoms with Crippen LogP contribution in [-0.2, 0) is 40.0 Å². The summed E-state index contributed by atoms with van der Waals surface area (Å²) in [4.78, 5) is 0. The number of fused-ring (bicyclic) bond motifs is 1. The van der Waals surface area contributed by atoms with Crippen molar-refractivity contribution in [1.29, 1.82) is 0 Å². The van der Waals surface area contributed by atoms with Gasteiger partial charge in [-0.3, -0.25) is 0 Å². The Morgan fingerprint density at radius 3 is 1.43 bits per heavy atom. The molecule has 1 aliphatic rings. The first-order valence-corrected chi connectivity index (χ1v) is 29.4. The summed E-state index contributed by atoms with van der Waals surface area (Å²) in [6.07, 6.45) is -1.86. The molecule has 10 heteroatoms. The molecule has 67 heavy (non-hydrogen) atoms. The van der Waals surface area contributed by atoms with Crippen LogP contribution in [0.3, 0.4) is 0 Å². The lowest BCUT2D eigenvalue weighted by molar-refractivity contribution is -0.101. The van der Waals surface area contributed by atoms with Crippen molar-refractivity contribution in [3.63, 3.8) is 0 Å². The molecule has 0 aliphatic carbocycles. The molecular formula is C57H70O8Si2. The van der Waals surface area contributed by atoms with Gasteiger partial charge in [0.05, 0.1) is 18.8 Å². The Kier molecular flexibility index (Phi) is 16.1. The summed E-state index contributed by atoms with van der Waals surface area (Å²) in [5, 5.41) is -0.0854. The molecule has 0 spiro atoms. The zero-order valence-electron chi connectivity index (χ0n) is 41.2. The molecule has 354 valence electrons. The molecule has 6 aromatic carbocycles. The minimum absolute atomic E-state index is 0.0449. The maximum absolute atomic E-state index is 7.59. The Bertz CT molecular complexity index is 2470. The summed E-state index contributed by atoms with van der Waals surface area (Å²) < 4.78 is 55.4. The van der Waals surface area contributed by atoms with Gasteiger partial charge in [-0.2, -0.15) is 0 Å². The van der Waals surface area contributed by atoms with Gasteiger partial charge in [0, 0.05) is 12.1 Å². The smallest absolute Gasteiger partial charge is 0.192 e. The normalized spacial score (nSPS) is 16.4. The summed E-state index contributed by atoms with van der Waals surface area (Å²) in [6, 6.07) is 50.7. The molecule has 8 nitrogen and oxygen atoms in total. The number of ether oxygens (including phenoxy) is 6. The van der Waals surface area contributed by atoms with E-state index in [0.29, 0.717) is 68.4 Å². The quantitative estimate of drug-likeness (QED) is 0.0554. The van der Waals surface area contributed by atoms with Gasteiger partial charge < -0.3 is 37.3 Å². The zero-order valence-corrected chi connectivity index (χ0v) is 43.2. The van der Waals surface area contributed by atoms with E-state index < -0.39 is 34.9 Å². The van der Waals surface area contributed by atoms with Gasteiger partial charge in [0.15, 0.2) is 34.2 Å². The Hall–Kier alpha value is -5.37. The summed E-state index contributed by atoms with van der Waals surface area (Å²) in [6.45, 7) is 24.9. The van der Waals surface area contributed by atoms with Gasteiger partial charge in [0.1, 0.15) is 55.9 Å². The summed E-state index contributed by atoms with van der Waals surface area (Å²) in [5.41, 5.74) is 5.83. The van der Waals surface area contributed by atoms with Crippen molar-refractivity contribution in [2.45, 2.75) is 123 Å². The molecule has 0 fully saturated rings. The van der Waals surface area contributed by atoms with E-state index in [-0.39, 0.29) is 10.1 Å². The molecule has 3 atom stereocenters. The maximum Gasteiger partial charge on any atom is 0.192 e. The second-order valence-corrected chi connectivity index (χ2v) is 30.0. The van der Waals surface area contributed by atoms with Crippen LogP contribution >= 0.6 is 0 Å². The van der Waals surface area contributed by atoms with E-state index in [1.807, 2.05) is 97.1 Å². The van der Waals surface area contributed by atoms with Crippen LogP contribution in [0.25, 0.3) is 0 Å². The third-order valence-corrected chi connectivity index (χ3v) is 22.4. The second-order valence-electron chi connectivity index (χ2n) is 20.4. The highest BCUT2D eigenvalue weighted by Crippen LogP contribution is 2.53. The molecule has 6 aromatic rings. The molecule has 1 aliphatic heterocycles. The lowest BCUT2D eigenvalue weighted by Gasteiger charge is -2.46. The van der Waals surface area contributed by atoms with Gasteiger partial charge >= 0.3 is 0 Å². The highest BCUT2D eigenvalue weighted by Gasteiger charge is 2.49. The van der Waals surface area contributed by atoms with Crippen molar-refractivity contribution in [3.05, 3.63) is 185 Å². The molecule has 0 aromatic heterocycles. The Balaban J connectivity index is 1.35. The molecule has 0 bridgehead atoms. The van der Waals surface area contributed by atoms with Crippen molar-refractivity contribution >= 4 is 16.6 Å². The topological polar surface area (TPSA) is 73.8 Å². The molecule has 0 N–H and O–H groups in total. The first kappa shape index (κ1) is 49.5. The van der Waals surface area contributed by atoms with Crippen LogP contribution in [-0.4, -0.2) is 36.0 Å². The Morgan fingerprint density at radius 2 is 0.940 bits per heavy atom. The SMILES string of the molecule is CC(C)(C)[Si](C)(C)OCCOC1c2c(OCc3ccccc3)cc(OCc3ccccc3)cc2OC(c2ccc(OCc3ccccc3)c(OCc3ccccc3)c2)C1O[Si](C)(C)C(C)(C)C. The average molecular weight is 939 g/mol. The summed E-state index contributed by atoms with van der Waals surface area (Å²) in [7, 11) is -4.61. The molecule has 0 saturated heterocycles. The summed E-state index contributed by atoms with van der Waals surface area (Å²) in [5.74, 6) is 3.05. The molecule has 0 amide bonds. The first-order chi connectivity index (χ1) is 32.0. The minimum Gasteiger partial charge on any atom is -0.489 e. The van der Waals surface area contributed by atoms with E-state index in [1.165, 1.54) is 0 Å². The van der Waals surface area contributed by atoms with Crippen LogP contribution < -0.4 is 23.7 Å². The van der Waals surface area contributed by atoms with Crippen LogP contribution in [0.5, 0.6) is 28.7 Å². The van der Waals surface area contributed by atoms with Crippen molar-refractivity contribution < 1.29 is 37.3 Å². The molecule has 3 unspecified atom stereocenters. The largest absolute Gasteiger partial charge is 0.489 e. The number of hydrogen-bond donors (Lipinski definition) is 0. The maximum atomic E-state index is 7.59. The van der Waals surface area contributed by atoms with Crippen LogP contribution in [0.4, 0.5) is 0 Å². The number of benzene rings is 6. The lowest BCUT2D eigenvalue weighted by Crippen LogP contribution is -2.50. The fraction of sp³-hybridized carbons (Fsp3) is 0.368. The van der Waals surface area contributed by atoms with E-state index in [1.54, 1.807) is 0 Å². The van der Waals surface area contributed by atoms with Crippen LogP contribution in [0.15, 0.2) is 152 Å². The van der Waals surface area contributed by atoms with E-state index in [0.717, 1.165) is 33.4 Å². The molecular weight excluding hydrogens is 869 g/mol. The van der Waals surface area contributed by atoms with Crippen molar-refractivity contribution in [2.24, 2.45) is 0 Å². The van der Waals surface area contributed by atoms with Crippen molar-refractivity contribution in [1.82, 2.24) is 0 Å². The highest BCUT2D eigenvalue weighted by molar-refractivity contribution is 6.74. The average Bonchev–Trinajstić information content (AvgIpc) is 3.31. The van der Waals surface area contributed by atoms with Gasteiger partial charge in [0.2, 0.25) is 0 Å². The summed E-state index contributed by atoms with van der Waals surface area (Å²) >= 11 is 0.